The Labute approximate surface area is 398 Å². The minimum Gasteiger partial charge on any atom is -0.462 e. The van der Waals surface area contributed by atoms with E-state index >= 15 is 0 Å². The number of unbranched alkanes of at least 4 members (excludes halogenated alkanes) is 6. The summed E-state index contributed by atoms with van der Waals surface area (Å²) >= 11 is 0. The Morgan fingerprint density at radius 3 is 1.66 bits per heavy atom. The second-order valence-corrected chi connectivity index (χ2v) is 17.7. The number of rotatable bonds is 37. The molecule has 0 aromatic rings. The molecular formula is C51H81O15P. The van der Waals surface area contributed by atoms with Crippen molar-refractivity contribution in [3.63, 3.8) is 0 Å². The Morgan fingerprint density at radius 2 is 1.07 bits per heavy atom. The second-order valence-electron chi connectivity index (χ2n) is 16.3. The number of hydrogen-bond donors (Lipinski definition) is 8. The fraction of sp³-hybridized carbons (Fsp3) is 0.608. The van der Waals surface area contributed by atoms with Gasteiger partial charge in [0.05, 0.1) is 18.8 Å². The van der Waals surface area contributed by atoms with Crippen molar-refractivity contribution in [3.05, 3.63) is 109 Å². The van der Waals surface area contributed by atoms with Crippen molar-refractivity contribution in [1.82, 2.24) is 0 Å². The third kappa shape index (κ3) is 32.0. The molecule has 0 aromatic heterocycles. The molecule has 0 saturated heterocycles. The van der Waals surface area contributed by atoms with Gasteiger partial charge < -0.3 is 50.1 Å². The van der Waals surface area contributed by atoms with Crippen molar-refractivity contribution in [2.45, 2.75) is 184 Å². The van der Waals surface area contributed by atoms with Gasteiger partial charge >= 0.3 is 19.8 Å². The highest BCUT2D eigenvalue weighted by atomic mass is 31.2. The van der Waals surface area contributed by atoms with E-state index in [-0.39, 0.29) is 25.7 Å². The molecule has 380 valence electrons. The lowest BCUT2D eigenvalue weighted by atomic mass is 9.85. The summed E-state index contributed by atoms with van der Waals surface area (Å²) in [5.41, 5.74) is 0. The van der Waals surface area contributed by atoms with Crippen molar-refractivity contribution in [1.29, 1.82) is 0 Å². The number of aliphatic hydroxyl groups is 7. The molecule has 1 fully saturated rings. The van der Waals surface area contributed by atoms with Crippen LogP contribution in [0.4, 0.5) is 0 Å². The van der Waals surface area contributed by atoms with Crippen LogP contribution in [0, 0.1) is 0 Å². The largest absolute Gasteiger partial charge is 0.472 e. The SMILES string of the molecule is CC/C=C\C/C=C\C/C=C\C/C=C\C/C=C\CCCCCC(=O)O[C@H](COC(=O)CCC[C@H](O)\C=C/C=C/C=C/[C@H](O)C/C=C\CCCCC)COP(=O)(O)OC1[C@H](O)[C@H](O)C(O)[C@H](O)[C@H]1O. The molecule has 1 aliphatic rings. The molecule has 1 aliphatic carbocycles. The van der Waals surface area contributed by atoms with Gasteiger partial charge in [0, 0.05) is 12.8 Å². The molecule has 10 atom stereocenters. The smallest absolute Gasteiger partial charge is 0.462 e. The van der Waals surface area contributed by atoms with Crippen LogP contribution in [0.25, 0.3) is 0 Å². The van der Waals surface area contributed by atoms with Gasteiger partial charge in [0.2, 0.25) is 0 Å². The third-order valence-corrected chi connectivity index (χ3v) is 11.3. The van der Waals surface area contributed by atoms with E-state index in [1.54, 1.807) is 36.5 Å². The lowest BCUT2D eigenvalue weighted by Gasteiger charge is -2.41. The van der Waals surface area contributed by atoms with E-state index in [0.29, 0.717) is 19.3 Å². The standard InChI is InChI=1S/C51H81O15P/c1-3-5-7-9-11-12-13-14-15-16-17-18-19-20-21-22-23-25-31-37-45(55)65-43(40-64-67(61,62)66-51-49(59)47(57)46(56)48(58)50(51)60)39-63-44(54)38-32-36-42(53)35-30-27-26-29-34-41(52)33-28-24-10-8-6-4-2/h5,7,11-12,14-15,17-18,20-21,24,26-30,34-35,41-43,46-53,56-60H,3-4,6,8-10,13,16,19,22-23,25,31-33,36-40H2,1-2H3,(H,61,62)/b7-5-,12-11-,15-14-,18-17-,21-20-,27-26+,28-24-,34-29+,35-30-/t41-,42-,43-,46?,47-,48+,49-,50-,51?/m1/s1. The number of phosphoric ester groups is 1. The summed E-state index contributed by atoms with van der Waals surface area (Å²) in [7, 11) is -5.20. The average molecular weight is 965 g/mol. The van der Waals surface area contributed by atoms with Gasteiger partial charge in [-0.1, -0.05) is 142 Å². The maximum absolute atomic E-state index is 12.8. The van der Waals surface area contributed by atoms with Crippen LogP contribution in [0.1, 0.15) is 129 Å². The number of aliphatic hydroxyl groups excluding tert-OH is 7. The first kappa shape index (κ1) is 61.4. The molecule has 1 saturated carbocycles. The molecule has 0 amide bonds. The number of hydrogen-bond acceptors (Lipinski definition) is 14. The minimum atomic E-state index is -5.20. The number of phosphoric acid groups is 1. The normalized spacial score (nSPS) is 23.1. The molecule has 0 radical (unpaired) electrons. The van der Waals surface area contributed by atoms with Gasteiger partial charge in [-0.25, -0.2) is 4.57 Å². The molecular weight excluding hydrogens is 884 g/mol. The zero-order valence-corrected chi connectivity index (χ0v) is 40.5. The van der Waals surface area contributed by atoms with E-state index in [1.807, 2.05) is 6.08 Å². The number of carbonyl (C=O) groups is 2. The Morgan fingerprint density at radius 1 is 0.567 bits per heavy atom. The van der Waals surface area contributed by atoms with Crippen molar-refractivity contribution in [3.8, 4) is 0 Å². The van der Waals surface area contributed by atoms with Crippen LogP contribution in [-0.2, 0) is 32.7 Å². The number of allylic oxidation sites excluding steroid dienone is 15. The summed E-state index contributed by atoms with van der Waals surface area (Å²) in [4.78, 5) is 35.8. The van der Waals surface area contributed by atoms with Crippen LogP contribution >= 0.6 is 7.82 Å². The van der Waals surface area contributed by atoms with Crippen molar-refractivity contribution in [2.24, 2.45) is 0 Å². The molecule has 0 spiro atoms. The monoisotopic (exact) mass is 965 g/mol. The quantitative estimate of drug-likeness (QED) is 0.00984. The molecule has 8 N–H and O–H groups in total. The molecule has 16 heteroatoms. The van der Waals surface area contributed by atoms with Gasteiger partial charge in [-0.15, -0.1) is 0 Å². The summed E-state index contributed by atoms with van der Waals surface area (Å²) in [6, 6.07) is 0. The van der Waals surface area contributed by atoms with Gasteiger partial charge in [0.15, 0.2) is 6.10 Å². The third-order valence-electron chi connectivity index (χ3n) is 10.3. The maximum atomic E-state index is 12.8. The summed E-state index contributed by atoms with van der Waals surface area (Å²) in [5, 5.41) is 70.5. The molecule has 3 unspecified atom stereocenters. The topological polar surface area (TPSA) is 250 Å². The van der Waals surface area contributed by atoms with Crippen molar-refractivity contribution >= 4 is 19.8 Å². The average Bonchev–Trinajstić information content (AvgIpc) is 3.30. The zero-order valence-electron chi connectivity index (χ0n) is 39.6. The molecule has 67 heavy (non-hydrogen) atoms. The molecule has 0 aliphatic heterocycles. The summed E-state index contributed by atoms with van der Waals surface area (Å²) in [5.74, 6) is -1.39. The highest BCUT2D eigenvalue weighted by molar-refractivity contribution is 7.47. The summed E-state index contributed by atoms with van der Waals surface area (Å²) in [6.45, 7) is 2.87. The number of esters is 2. The van der Waals surface area contributed by atoms with Crippen LogP contribution < -0.4 is 0 Å². The Kier molecular flexibility index (Phi) is 36.0. The highest BCUT2D eigenvalue weighted by Gasteiger charge is 2.51. The maximum Gasteiger partial charge on any atom is 0.472 e. The van der Waals surface area contributed by atoms with Gasteiger partial charge in [0.25, 0.3) is 0 Å². The summed E-state index contributed by atoms with van der Waals surface area (Å²) in [6.07, 6.45) is 33.2. The van der Waals surface area contributed by atoms with Crippen molar-refractivity contribution < 1.29 is 73.3 Å². The first-order valence-corrected chi connectivity index (χ1v) is 25.4. The predicted molar refractivity (Wildman–Crippen MR) is 260 cm³/mol. The fourth-order valence-electron chi connectivity index (χ4n) is 6.39. The van der Waals surface area contributed by atoms with E-state index in [9.17, 15) is 54.8 Å². The van der Waals surface area contributed by atoms with E-state index in [0.717, 1.165) is 57.8 Å². The summed E-state index contributed by atoms with van der Waals surface area (Å²) < 4.78 is 33.3. The lowest BCUT2D eigenvalue weighted by molar-refractivity contribution is -0.220. The van der Waals surface area contributed by atoms with E-state index < -0.39 is 87.9 Å². The second kappa shape index (κ2) is 39.3. The van der Waals surface area contributed by atoms with Crippen LogP contribution in [0.3, 0.4) is 0 Å². The van der Waals surface area contributed by atoms with Crippen LogP contribution in [0.15, 0.2) is 109 Å². The Hall–Kier alpha value is -3.57. The van der Waals surface area contributed by atoms with Crippen LogP contribution in [0.2, 0.25) is 0 Å². The number of ether oxygens (including phenoxy) is 2. The molecule has 0 aromatic carbocycles. The van der Waals surface area contributed by atoms with E-state index in [1.165, 1.54) is 12.8 Å². The lowest BCUT2D eigenvalue weighted by Crippen LogP contribution is -2.64. The predicted octanol–water partition coefficient (Wildman–Crippen LogP) is 7.55. The highest BCUT2D eigenvalue weighted by Crippen LogP contribution is 2.47. The van der Waals surface area contributed by atoms with Gasteiger partial charge in [-0.2, -0.15) is 0 Å². The molecule has 15 nitrogen and oxygen atoms in total. The van der Waals surface area contributed by atoms with Crippen LogP contribution in [0.5, 0.6) is 0 Å². The first-order chi connectivity index (χ1) is 32.2. The minimum absolute atomic E-state index is 0.00233. The van der Waals surface area contributed by atoms with Crippen molar-refractivity contribution in [2.75, 3.05) is 13.2 Å². The van der Waals surface area contributed by atoms with Gasteiger partial charge in [0.1, 0.15) is 43.2 Å². The van der Waals surface area contributed by atoms with Gasteiger partial charge in [-0.05, 0) is 83.5 Å². The van der Waals surface area contributed by atoms with Crippen LogP contribution in [-0.4, -0.2) is 121 Å². The van der Waals surface area contributed by atoms with Gasteiger partial charge in [-0.3, -0.25) is 18.6 Å². The fourth-order valence-corrected chi connectivity index (χ4v) is 7.36. The molecule has 0 bridgehead atoms. The first-order valence-electron chi connectivity index (χ1n) is 23.9. The zero-order chi connectivity index (χ0) is 49.5. The Bertz CT molecular complexity index is 1620. The molecule has 1 rings (SSSR count). The Balaban J connectivity index is 2.60. The van der Waals surface area contributed by atoms with E-state index in [4.69, 9.17) is 18.5 Å². The number of carbonyl (C=O) groups excluding carboxylic acids is 2. The molecule has 0 heterocycles. The van der Waals surface area contributed by atoms with E-state index in [2.05, 4.69) is 80.7 Å².